The molecule has 0 bridgehead atoms. The molecule has 3 aromatic rings. The molecular formula is C51H66N4O11. The highest BCUT2D eigenvalue weighted by atomic mass is 16.7. The molecule has 2 aliphatic carbocycles. The van der Waals surface area contributed by atoms with E-state index in [0.717, 1.165) is 42.4 Å². The van der Waals surface area contributed by atoms with E-state index in [0.29, 0.717) is 48.6 Å². The van der Waals surface area contributed by atoms with Gasteiger partial charge < -0.3 is 39.3 Å². The van der Waals surface area contributed by atoms with Gasteiger partial charge in [0.1, 0.15) is 24.1 Å². The number of nitro benzene ring substituents is 1. The second kappa shape index (κ2) is 23.1. The van der Waals surface area contributed by atoms with Gasteiger partial charge in [0.2, 0.25) is 5.79 Å². The normalized spacial score (nSPS) is 22.5. The molecule has 3 N–H and O–H groups in total. The van der Waals surface area contributed by atoms with Crippen LogP contribution in [0.25, 0.3) is 0 Å². The maximum Gasteiger partial charge on any atom is 0.412 e. The average molecular weight is 911 g/mol. The van der Waals surface area contributed by atoms with Crippen LogP contribution in [-0.2, 0) is 27.5 Å². The fourth-order valence-corrected chi connectivity index (χ4v) is 9.50. The topological polar surface area (TPSA) is 192 Å². The summed E-state index contributed by atoms with van der Waals surface area (Å²) in [6.07, 6.45) is 7.66. The number of nitrogens with one attached hydrogen (secondary N) is 1. The van der Waals surface area contributed by atoms with Crippen molar-refractivity contribution in [3.63, 3.8) is 0 Å². The Morgan fingerprint density at radius 3 is 2.41 bits per heavy atom. The number of hydrogen-bond acceptors (Lipinski definition) is 12. The molecule has 0 unspecified atom stereocenters. The van der Waals surface area contributed by atoms with Gasteiger partial charge in [0.15, 0.2) is 0 Å². The zero-order valence-electron chi connectivity index (χ0n) is 38.7. The van der Waals surface area contributed by atoms with Crippen molar-refractivity contribution >= 4 is 23.6 Å². The van der Waals surface area contributed by atoms with Crippen LogP contribution in [-0.4, -0.2) is 82.7 Å². The monoisotopic (exact) mass is 910 g/mol. The number of nitro groups is 1. The Morgan fingerprint density at radius 2 is 1.74 bits per heavy atom. The van der Waals surface area contributed by atoms with E-state index in [1.807, 2.05) is 64.1 Å². The number of carbonyl (C=O) groups is 2. The number of non-ortho nitro benzene ring substituents is 1. The third kappa shape index (κ3) is 12.2. The summed E-state index contributed by atoms with van der Waals surface area (Å²) in [7, 11) is 0. The lowest BCUT2D eigenvalue weighted by molar-refractivity contribution is -0.384. The summed E-state index contributed by atoms with van der Waals surface area (Å²) >= 11 is 0. The van der Waals surface area contributed by atoms with E-state index in [4.69, 9.17) is 28.9 Å². The third-order valence-corrected chi connectivity index (χ3v) is 12.4. The highest BCUT2D eigenvalue weighted by Crippen LogP contribution is 2.62. The zero-order valence-corrected chi connectivity index (χ0v) is 38.7. The SMILES string of the molecule is C=CCO[C@@]12Oc3ccc(OC(=O)NCc4ccccc4)cc3[C@H]3[C@H](CCCCO)[C@@H](CCCCO)C=C(C(=NOCc4ccc([N+](=O)[O-])cc4)C[C@@H]1N(CCC)C(=O)OCC(C)(C)C)[C@H]32. The fourth-order valence-electron chi connectivity index (χ4n) is 9.50. The first kappa shape index (κ1) is 49.7. The minimum atomic E-state index is -1.51. The van der Waals surface area contributed by atoms with Gasteiger partial charge in [-0.1, -0.05) is 88.2 Å². The van der Waals surface area contributed by atoms with Gasteiger partial charge >= 0.3 is 12.2 Å². The number of amides is 2. The molecule has 1 aliphatic heterocycles. The van der Waals surface area contributed by atoms with Crippen molar-refractivity contribution < 1.29 is 48.5 Å². The van der Waals surface area contributed by atoms with Crippen LogP contribution >= 0.6 is 0 Å². The molecule has 1 heterocycles. The predicted octanol–water partition coefficient (Wildman–Crippen LogP) is 9.61. The molecular weight excluding hydrogens is 845 g/mol. The minimum absolute atomic E-state index is 0.0218. The summed E-state index contributed by atoms with van der Waals surface area (Å²) in [5.41, 5.74) is 3.45. The van der Waals surface area contributed by atoms with Gasteiger partial charge in [-0.3, -0.25) is 15.0 Å². The number of allylic oxidation sites excluding steroid dienone is 1. The molecule has 0 aromatic heterocycles. The molecule has 0 spiro atoms. The molecule has 0 saturated heterocycles. The maximum absolute atomic E-state index is 14.5. The van der Waals surface area contributed by atoms with Crippen LogP contribution in [0.3, 0.4) is 0 Å². The number of oxime groups is 1. The van der Waals surface area contributed by atoms with Crippen molar-refractivity contribution in [2.75, 3.05) is 33.0 Å². The zero-order chi connectivity index (χ0) is 47.3. The van der Waals surface area contributed by atoms with Gasteiger partial charge in [0, 0.05) is 56.3 Å². The molecule has 6 atom stereocenters. The van der Waals surface area contributed by atoms with E-state index in [-0.39, 0.29) is 74.9 Å². The molecule has 356 valence electrons. The maximum atomic E-state index is 14.5. The molecule has 0 radical (unpaired) electrons. The molecule has 6 rings (SSSR count). The first-order chi connectivity index (χ1) is 31.8. The van der Waals surface area contributed by atoms with Gasteiger partial charge in [-0.05, 0) is 96.4 Å². The van der Waals surface area contributed by atoms with Crippen molar-refractivity contribution in [3.8, 4) is 11.5 Å². The van der Waals surface area contributed by atoms with Crippen molar-refractivity contribution in [2.45, 2.75) is 110 Å². The van der Waals surface area contributed by atoms with Crippen LogP contribution in [0.5, 0.6) is 11.5 Å². The Labute approximate surface area is 387 Å². The van der Waals surface area contributed by atoms with Crippen LogP contribution in [0.15, 0.2) is 102 Å². The van der Waals surface area contributed by atoms with E-state index < -0.39 is 34.9 Å². The van der Waals surface area contributed by atoms with E-state index in [9.17, 15) is 29.9 Å². The molecule has 15 nitrogen and oxygen atoms in total. The molecule has 1 fully saturated rings. The lowest BCUT2D eigenvalue weighted by Gasteiger charge is -2.60. The number of ether oxygens (including phenoxy) is 4. The van der Waals surface area contributed by atoms with Gasteiger partial charge in [-0.15, -0.1) is 6.58 Å². The van der Waals surface area contributed by atoms with Crippen molar-refractivity contribution in [1.29, 1.82) is 0 Å². The summed E-state index contributed by atoms with van der Waals surface area (Å²) in [6.45, 7) is 12.9. The lowest BCUT2D eigenvalue weighted by atomic mass is 9.55. The van der Waals surface area contributed by atoms with Gasteiger partial charge in [0.25, 0.3) is 5.69 Å². The van der Waals surface area contributed by atoms with E-state index in [1.165, 1.54) is 12.1 Å². The molecule has 3 aromatic carbocycles. The second-order valence-corrected chi connectivity index (χ2v) is 18.5. The van der Waals surface area contributed by atoms with Gasteiger partial charge in [-0.25, -0.2) is 9.59 Å². The molecule has 66 heavy (non-hydrogen) atoms. The smallest absolute Gasteiger partial charge is 0.412 e. The number of carbonyl (C=O) groups excluding carboxylic acids is 2. The Balaban J connectivity index is 1.52. The Bertz CT molecular complexity index is 2170. The predicted molar refractivity (Wildman–Crippen MR) is 250 cm³/mol. The third-order valence-electron chi connectivity index (χ3n) is 12.4. The van der Waals surface area contributed by atoms with E-state index in [2.05, 4.69) is 18.0 Å². The summed E-state index contributed by atoms with van der Waals surface area (Å²) < 4.78 is 26.3. The highest BCUT2D eigenvalue weighted by Gasteiger charge is 2.65. The summed E-state index contributed by atoms with van der Waals surface area (Å²) in [6, 6.07) is 20.2. The molecule has 2 amide bonds. The minimum Gasteiger partial charge on any atom is -0.459 e. The fraction of sp³-hybridized carbons (Fsp3) is 0.510. The number of unbranched alkanes of at least 4 members (excludes halogenated alkanes) is 2. The molecule has 1 saturated carbocycles. The highest BCUT2D eigenvalue weighted by molar-refractivity contribution is 6.03. The van der Waals surface area contributed by atoms with Gasteiger partial charge in [0.05, 0.1) is 29.8 Å². The van der Waals surface area contributed by atoms with Crippen LogP contribution in [0.4, 0.5) is 15.3 Å². The summed E-state index contributed by atoms with van der Waals surface area (Å²) in [5.74, 6) is -1.73. The Kier molecular flexibility index (Phi) is 17.4. The standard InChI is InChI=1S/C51H66N4O11/c1-6-25-54(49(59)62-34-50(3,4)5)45-31-43(53-64-33-36-19-21-38(22-20-36)55(60)61)41-29-37(17-11-13-26-56)40(18-12-14-27-57)46-42-30-39(65-48(58)52-32-35-15-9-8-10-16-35)23-24-44(42)66-51(45,47(41)46)63-28-7-2/h7-10,15-16,19-24,29-30,37,40,45-47,56-57H,2,6,11-14,17-18,25-28,31-34H2,1,3-5H3,(H,52,58)/t37-,40+,45-,46+,47+,51+/m0/s1. The number of rotatable bonds is 22. The summed E-state index contributed by atoms with van der Waals surface area (Å²) in [5, 5.41) is 39.0. The first-order valence-electron chi connectivity index (χ1n) is 23.2. The quantitative estimate of drug-likeness (QED) is 0.0376. The largest absolute Gasteiger partial charge is 0.459 e. The van der Waals surface area contributed by atoms with E-state index in [1.54, 1.807) is 35.2 Å². The van der Waals surface area contributed by atoms with Crippen LogP contribution in [0.1, 0.15) is 102 Å². The second-order valence-electron chi connectivity index (χ2n) is 18.5. The van der Waals surface area contributed by atoms with Crippen molar-refractivity contribution in [2.24, 2.45) is 28.3 Å². The molecule has 15 heteroatoms. The van der Waals surface area contributed by atoms with Crippen LogP contribution in [0.2, 0.25) is 0 Å². The van der Waals surface area contributed by atoms with E-state index >= 15 is 0 Å². The van der Waals surface area contributed by atoms with Crippen molar-refractivity contribution in [1.82, 2.24) is 10.2 Å². The number of aliphatic hydroxyl groups excluding tert-OH is 2. The number of fused-ring (bicyclic) bond motifs is 2. The number of aliphatic hydroxyl groups is 2. The average Bonchev–Trinajstić information content (AvgIpc) is 3.30. The van der Waals surface area contributed by atoms with Gasteiger partial charge in [-0.2, -0.15) is 0 Å². The Hall–Kier alpha value is -5.77. The van der Waals surface area contributed by atoms with Crippen LogP contribution < -0.4 is 14.8 Å². The lowest BCUT2D eigenvalue weighted by Crippen LogP contribution is -2.70. The number of benzene rings is 3. The summed E-state index contributed by atoms with van der Waals surface area (Å²) in [4.78, 5) is 46.6. The van der Waals surface area contributed by atoms with Crippen LogP contribution in [0, 0.1) is 33.3 Å². The Morgan fingerprint density at radius 1 is 1.02 bits per heavy atom. The number of nitrogens with zero attached hydrogens (tertiary/aromatic N) is 3. The molecule has 3 aliphatic rings. The van der Waals surface area contributed by atoms with Crippen molar-refractivity contribution in [3.05, 3.63) is 124 Å². The first-order valence-corrected chi connectivity index (χ1v) is 23.2. The number of hydrogen-bond donors (Lipinski definition) is 3.